The molecule has 27 heteroatoms. The van der Waals surface area contributed by atoms with Crippen molar-refractivity contribution in [1.82, 2.24) is 0 Å². The van der Waals surface area contributed by atoms with Gasteiger partial charge in [-0.1, -0.05) is 12.1 Å². The van der Waals surface area contributed by atoms with Crippen LogP contribution in [0, 0.1) is 0 Å². The van der Waals surface area contributed by atoms with E-state index in [2.05, 4.69) is 4.74 Å². The molecule has 18 N–H and O–H groups in total. The number of ether oxygens (including phenoxy) is 1. The Morgan fingerprint density at radius 1 is 0.388 bits per heavy atom. The highest BCUT2D eigenvalue weighted by molar-refractivity contribution is 6.30. The Kier molecular flexibility index (Phi) is 13.4. The summed E-state index contributed by atoms with van der Waals surface area (Å²) in [6, 6.07) is 4.90. The van der Waals surface area contributed by atoms with Crippen molar-refractivity contribution in [1.29, 1.82) is 0 Å². The normalized spacial score (nSPS) is 15.3. The van der Waals surface area contributed by atoms with Gasteiger partial charge >= 0.3 is 29.5 Å². The van der Waals surface area contributed by atoms with Crippen LogP contribution in [0.1, 0.15) is 31.8 Å². The zero-order valence-electron chi connectivity index (χ0n) is 33.1. The van der Waals surface area contributed by atoms with Gasteiger partial charge in [0.25, 0.3) is 22.6 Å². The lowest BCUT2D eigenvalue weighted by Crippen LogP contribution is -2.81. The Morgan fingerprint density at radius 3 is 1.04 bits per heavy atom. The number of esters is 1. The summed E-state index contributed by atoms with van der Waals surface area (Å²) >= 11 is 0. The quantitative estimate of drug-likeness (QED) is 0.0140. The number of carbonyl (C=O) groups is 8. The largest absolute Gasteiger partial charge is 0.504 e. The molecule has 0 amide bonds. The van der Waals surface area contributed by atoms with Gasteiger partial charge in [-0.25, -0.2) is 19.2 Å². The number of carboxylic acid groups (broad SMARTS) is 3. The van der Waals surface area contributed by atoms with E-state index in [-0.39, 0.29) is 18.2 Å². The van der Waals surface area contributed by atoms with E-state index >= 15 is 0 Å². The summed E-state index contributed by atoms with van der Waals surface area (Å²) in [5.74, 6) is -44.9. The van der Waals surface area contributed by atoms with E-state index < -0.39 is 162 Å². The van der Waals surface area contributed by atoms with Gasteiger partial charge in [0.15, 0.2) is 46.0 Å². The monoisotopic (exact) mass is 946 g/mol. The fourth-order valence-corrected chi connectivity index (χ4v) is 6.43. The number of carbonyl (C=O) groups excluding carboxylic acids is 5. The third-order valence-corrected chi connectivity index (χ3v) is 9.98. The Morgan fingerprint density at radius 2 is 0.716 bits per heavy atom. The number of carboxylic acids is 3. The topological polar surface area (TPSA) is 510 Å². The first-order valence-electron chi connectivity index (χ1n) is 17.9. The highest BCUT2D eigenvalue weighted by Gasteiger charge is 2.80. The van der Waals surface area contributed by atoms with E-state index in [0.29, 0.717) is 54.6 Å². The number of hydrogen-bond donors (Lipinski definition) is 18. The van der Waals surface area contributed by atoms with Gasteiger partial charge in [0.1, 0.15) is 0 Å². The first kappa shape index (κ1) is 51.2. The molecule has 0 saturated heterocycles. The van der Waals surface area contributed by atoms with Gasteiger partial charge in [-0.05, 0) is 71.8 Å². The standard InChI is InChI=1S/C40H34O27/c41-19-5-1-15(9-23(19)45)13-35(60,61)29(51)39(66,32(55)56)40(33(57)58,30(52)36(62,63)14-16-2-6-20(42)24(46)10-16)67-34(59)38(65,28(50)18-4-8-22(44)26(48)12-18)37(64,31(53)54)27(49)17-3-7-21(43)25(47)11-17/h1-12,41-48,60-66H,13-14H2,(H,53,54)(H,55,56)(H,57,58). The van der Waals surface area contributed by atoms with E-state index in [4.69, 9.17) is 0 Å². The lowest BCUT2D eigenvalue weighted by molar-refractivity contribution is -0.251. The molecule has 0 aliphatic carbocycles. The highest BCUT2D eigenvalue weighted by atomic mass is 16.6. The average molecular weight is 947 g/mol. The third-order valence-electron chi connectivity index (χ3n) is 9.98. The summed E-state index contributed by atoms with van der Waals surface area (Å²) in [5.41, 5.74) is -27.1. The van der Waals surface area contributed by atoms with E-state index in [9.17, 15) is 130 Å². The summed E-state index contributed by atoms with van der Waals surface area (Å²) in [5, 5.41) is 190. The maximum absolute atomic E-state index is 14.6. The SMILES string of the molecule is O=C(O)C(O)(C(=O)c1ccc(O)c(O)c1)C(O)(C(=O)OC(C(=O)O)(C(=O)C(O)(O)Cc1ccc(O)c(O)c1)C(O)(C(=O)O)C(=O)C(O)(O)Cc1ccc(O)c(O)c1)C(=O)c1ccc(O)c(O)c1. The molecule has 0 spiro atoms. The van der Waals surface area contributed by atoms with Gasteiger partial charge in [0.2, 0.25) is 28.9 Å². The molecule has 4 aromatic carbocycles. The van der Waals surface area contributed by atoms with Gasteiger partial charge in [-0.2, -0.15) is 0 Å². The molecule has 0 aliphatic heterocycles. The molecule has 4 aromatic rings. The Bertz CT molecular complexity index is 2760. The molecular weight excluding hydrogens is 912 g/mol. The second-order valence-electron chi connectivity index (χ2n) is 14.5. The van der Waals surface area contributed by atoms with Crippen molar-refractivity contribution in [3.63, 3.8) is 0 Å². The van der Waals surface area contributed by atoms with Crippen LogP contribution >= 0.6 is 0 Å². The summed E-state index contributed by atoms with van der Waals surface area (Å²) in [6.45, 7) is 0. The second-order valence-corrected chi connectivity index (χ2v) is 14.5. The number of phenolic OH excluding ortho intramolecular Hbond substituents is 8. The predicted molar refractivity (Wildman–Crippen MR) is 206 cm³/mol. The molecule has 0 aliphatic rings. The van der Waals surface area contributed by atoms with Crippen LogP contribution in [-0.4, -0.2) is 173 Å². The van der Waals surface area contributed by atoms with Gasteiger partial charge < -0.3 is 96.7 Å². The number of ketones is 4. The number of phenols is 8. The zero-order valence-corrected chi connectivity index (χ0v) is 33.1. The first-order valence-corrected chi connectivity index (χ1v) is 17.9. The second kappa shape index (κ2) is 17.5. The fourth-order valence-electron chi connectivity index (χ4n) is 6.43. The van der Waals surface area contributed by atoms with Gasteiger partial charge in [0.05, 0.1) is 0 Å². The molecule has 0 heterocycles. The molecule has 67 heavy (non-hydrogen) atoms. The maximum atomic E-state index is 14.6. The summed E-state index contributed by atoms with van der Waals surface area (Å²) in [6.07, 6.45) is -3.74. The van der Waals surface area contributed by atoms with Crippen molar-refractivity contribution < 1.29 is 135 Å². The van der Waals surface area contributed by atoms with Crippen molar-refractivity contribution in [2.45, 2.75) is 46.8 Å². The molecular formula is C40H34O27. The van der Waals surface area contributed by atoms with E-state index in [1.165, 1.54) is 0 Å². The van der Waals surface area contributed by atoms with Crippen LogP contribution < -0.4 is 0 Å². The number of aliphatic hydroxyl groups is 7. The summed E-state index contributed by atoms with van der Waals surface area (Å²) in [4.78, 5) is 111. The summed E-state index contributed by atoms with van der Waals surface area (Å²) < 4.78 is 4.45. The van der Waals surface area contributed by atoms with Crippen molar-refractivity contribution >= 4 is 47.0 Å². The Labute approximate surface area is 369 Å². The number of hydrogen-bond acceptors (Lipinski definition) is 24. The molecule has 0 bridgehead atoms. The lowest BCUT2D eigenvalue weighted by atomic mass is 9.69. The van der Waals surface area contributed by atoms with Crippen LogP contribution in [0.4, 0.5) is 0 Å². The first-order chi connectivity index (χ1) is 30.7. The van der Waals surface area contributed by atoms with Crippen LogP contribution in [0.25, 0.3) is 0 Å². The molecule has 0 aromatic heterocycles. The number of Topliss-reactive ketones (excluding diaryl/α,β-unsaturated/α-hetero) is 4. The number of rotatable bonds is 19. The minimum absolute atomic E-state index is 0.0499. The molecule has 356 valence electrons. The number of aliphatic carboxylic acids is 3. The molecule has 0 radical (unpaired) electrons. The van der Waals surface area contributed by atoms with Crippen molar-refractivity contribution in [3.8, 4) is 46.0 Å². The fraction of sp³-hybridized carbons (Fsp3) is 0.200. The van der Waals surface area contributed by atoms with Gasteiger partial charge in [-0.3, -0.25) is 19.2 Å². The van der Waals surface area contributed by atoms with E-state index in [1.807, 2.05) is 0 Å². The lowest BCUT2D eigenvalue weighted by Gasteiger charge is -2.44. The van der Waals surface area contributed by atoms with Crippen LogP contribution in [0.15, 0.2) is 72.8 Å². The summed E-state index contributed by atoms with van der Waals surface area (Å²) in [7, 11) is 0. The molecule has 4 atom stereocenters. The van der Waals surface area contributed by atoms with Crippen molar-refractivity contribution in [2.24, 2.45) is 0 Å². The maximum Gasteiger partial charge on any atom is 0.360 e. The van der Waals surface area contributed by atoms with E-state index in [1.54, 1.807) is 0 Å². The van der Waals surface area contributed by atoms with Crippen LogP contribution in [0.5, 0.6) is 46.0 Å². The molecule has 0 saturated carbocycles. The Balaban J connectivity index is 2.17. The smallest absolute Gasteiger partial charge is 0.360 e. The molecule has 27 nitrogen and oxygen atoms in total. The van der Waals surface area contributed by atoms with Gasteiger partial charge in [-0.15, -0.1) is 0 Å². The van der Waals surface area contributed by atoms with Crippen molar-refractivity contribution in [2.75, 3.05) is 0 Å². The minimum Gasteiger partial charge on any atom is -0.504 e. The van der Waals surface area contributed by atoms with Gasteiger partial charge in [0, 0.05) is 24.0 Å². The molecule has 4 rings (SSSR count). The number of benzene rings is 4. The van der Waals surface area contributed by atoms with Crippen LogP contribution in [-0.2, 0) is 46.3 Å². The molecule has 0 fully saturated rings. The van der Waals surface area contributed by atoms with E-state index in [0.717, 1.165) is 0 Å². The highest BCUT2D eigenvalue weighted by Crippen LogP contribution is 2.43. The minimum atomic E-state index is -5.92. The van der Waals surface area contributed by atoms with Crippen LogP contribution in [0.3, 0.4) is 0 Å². The molecule has 4 unspecified atom stereocenters. The third kappa shape index (κ3) is 8.50. The predicted octanol–water partition coefficient (Wildman–Crippen LogP) is -3.89. The number of aromatic hydroxyl groups is 8. The average Bonchev–Trinajstić information content (AvgIpc) is 3.24. The van der Waals surface area contributed by atoms with Crippen LogP contribution in [0.2, 0.25) is 0 Å². The van der Waals surface area contributed by atoms with Crippen molar-refractivity contribution in [3.05, 3.63) is 95.1 Å². The zero-order chi connectivity index (χ0) is 51.2. The Hall–Kier alpha value is -8.44.